The van der Waals surface area contributed by atoms with E-state index in [0.717, 1.165) is 57.8 Å². The zero-order valence-electron chi connectivity index (χ0n) is 43.7. The van der Waals surface area contributed by atoms with E-state index >= 15 is 0 Å². The maximum Gasteiger partial charge on any atom is 0.306 e. The zero-order chi connectivity index (χ0) is 47.6. The highest BCUT2D eigenvalue weighted by Gasteiger charge is 2.20. The van der Waals surface area contributed by atoms with Crippen molar-refractivity contribution in [3.63, 3.8) is 0 Å². The van der Waals surface area contributed by atoms with Gasteiger partial charge in [0, 0.05) is 13.0 Å². The minimum atomic E-state index is -4.53. The molecule has 0 saturated carbocycles. The highest BCUT2D eigenvalue weighted by Crippen LogP contribution is 2.38. The van der Waals surface area contributed by atoms with Gasteiger partial charge in [-0.2, -0.15) is 0 Å². The molecule has 9 heteroatoms. The topological polar surface area (TPSA) is 94.1 Å². The van der Waals surface area contributed by atoms with Gasteiger partial charge in [0.05, 0.1) is 34.4 Å². The van der Waals surface area contributed by atoms with Gasteiger partial charge < -0.3 is 27.9 Å². The van der Waals surface area contributed by atoms with Crippen LogP contribution >= 0.6 is 7.82 Å². The molecule has 0 radical (unpaired) electrons. The quantitative estimate of drug-likeness (QED) is 0.0197. The first-order chi connectivity index (χ1) is 31.6. The summed E-state index contributed by atoms with van der Waals surface area (Å²) in [7, 11) is 1.36. The van der Waals surface area contributed by atoms with Gasteiger partial charge in [-0.05, 0) is 44.9 Å². The third-order valence-corrected chi connectivity index (χ3v) is 13.2. The summed E-state index contributed by atoms with van der Waals surface area (Å²) >= 11 is 0. The highest BCUT2D eigenvalue weighted by atomic mass is 31.2. The summed E-state index contributed by atoms with van der Waals surface area (Å²) in [6.45, 7) is 5.34. The van der Waals surface area contributed by atoms with Gasteiger partial charge in [-0.15, -0.1) is 0 Å². The fourth-order valence-corrected chi connectivity index (χ4v) is 8.70. The highest BCUT2D eigenvalue weighted by molar-refractivity contribution is 7.45. The molecule has 0 heterocycles. The first kappa shape index (κ1) is 63.7. The van der Waals surface area contributed by atoms with Crippen LogP contribution < -0.4 is 4.89 Å². The van der Waals surface area contributed by atoms with Crippen LogP contribution in [0.5, 0.6) is 0 Å². The lowest BCUT2D eigenvalue weighted by atomic mass is 10.0. The van der Waals surface area contributed by atoms with E-state index in [1.807, 2.05) is 21.1 Å². The van der Waals surface area contributed by atoms with Crippen molar-refractivity contribution < 1.29 is 37.3 Å². The largest absolute Gasteiger partial charge is 0.756 e. The van der Waals surface area contributed by atoms with Gasteiger partial charge in [0.1, 0.15) is 19.3 Å². The number of allylic oxidation sites excluding steroid dienone is 6. The van der Waals surface area contributed by atoms with Crippen molar-refractivity contribution in [3.05, 3.63) is 36.5 Å². The summed E-state index contributed by atoms with van der Waals surface area (Å²) < 4.78 is 34.8. The molecule has 384 valence electrons. The predicted octanol–water partition coefficient (Wildman–Crippen LogP) is 16.7. The second-order valence-corrected chi connectivity index (χ2v) is 21.3. The predicted molar refractivity (Wildman–Crippen MR) is 277 cm³/mol. The van der Waals surface area contributed by atoms with E-state index in [1.165, 1.54) is 180 Å². The van der Waals surface area contributed by atoms with Gasteiger partial charge in [-0.3, -0.25) is 9.36 Å². The standard InChI is InChI=1S/C56H108NO7P/c1-6-8-10-12-14-16-18-20-22-24-26-27-28-29-30-31-32-33-35-37-39-41-43-45-47-49-56(58)64-55(54-63-65(59,60)62-52-50-57(3,4)5)53-61-51-48-46-44-42-40-38-36-34-25-23-21-19-17-15-13-11-9-7-2/h9,11,15,17,21,23,55H,6-8,10,12-14,16,18-20,22,24-54H2,1-5H3/b11-9-,17-15-,23-21-. The number of nitrogens with zero attached hydrogens (tertiary/aromatic N) is 1. The number of esters is 1. The van der Waals surface area contributed by atoms with Gasteiger partial charge in [0.15, 0.2) is 0 Å². The van der Waals surface area contributed by atoms with Gasteiger partial charge in [-0.25, -0.2) is 0 Å². The molecule has 0 spiro atoms. The molecule has 0 aromatic carbocycles. The minimum Gasteiger partial charge on any atom is -0.756 e. The van der Waals surface area contributed by atoms with E-state index < -0.39 is 13.9 Å². The second-order valence-electron chi connectivity index (χ2n) is 19.9. The summed E-state index contributed by atoms with van der Waals surface area (Å²) in [6, 6.07) is 0. The number of rotatable bonds is 52. The van der Waals surface area contributed by atoms with Crippen LogP contribution in [0.3, 0.4) is 0 Å². The molecule has 0 saturated heterocycles. The number of hydrogen-bond acceptors (Lipinski definition) is 7. The zero-order valence-corrected chi connectivity index (χ0v) is 44.6. The maximum absolute atomic E-state index is 12.8. The van der Waals surface area contributed by atoms with Crippen molar-refractivity contribution in [2.24, 2.45) is 0 Å². The van der Waals surface area contributed by atoms with E-state index in [0.29, 0.717) is 24.1 Å². The molecule has 0 fully saturated rings. The van der Waals surface area contributed by atoms with E-state index in [9.17, 15) is 14.3 Å². The molecule has 0 bridgehead atoms. The molecule has 0 rings (SSSR count). The molecule has 0 amide bonds. The van der Waals surface area contributed by atoms with E-state index in [2.05, 4.69) is 50.3 Å². The number of likely N-dealkylation sites (N-methyl/N-ethyl adjacent to an activating group) is 1. The number of carbonyl (C=O) groups is 1. The molecule has 0 aliphatic heterocycles. The molecular weight excluding hydrogens is 830 g/mol. The summed E-state index contributed by atoms with van der Waals surface area (Å²) in [4.78, 5) is 25.2. The number of quaternary nitrogens is 1. The molecule has 2 unspecified atom stereocenters. The first-order valence-corrected chi connectivity index (χ1v) is 29.2. The third-order valence-electron chi connectivity index (χ3n) is 12.2. The van der Waals surface area contributed by atoms with Crippen LogP contribution in [0.15, 0.2) is 36.5 Å². The Kier molecular flexibility index (Phi) is 48.2. The summed E-state index contributed by atoms with van der Waals surface area (Å²) in [5.41, 5.74) is 0. The smallest absolute Gasteiger partial charge is 0.306 e. The number of hydrogen-bond donors (Lipinski definition) is 0. The van der Waals surface area contributed by atoms with E-state index in [1.54, 1.807) is 0 Å². The third kappa shape index (κ3) is 53.5. The molecular formula is C56H108NO7P. The molecule has 65 heavy (non-hydrogen) atoms. The Hall–Kier alpha value is -1.28. The number of unbranched alkanes of at least 4 members (excludes halogenated alkanes) is 32. The number of carbonyl (C=O) groups excluding carboxylic acids is 1. The Labute approximate surface area is 404 Å². The van der Waals surface area contributed by atoms with Crippen molar-refractivity contribution in [3.8, 4) is 0 Å². The normalized spacial score (nSPS) is 13.8. The van der Waals surface area contributed by atoms with Crippen molar-refractivity contribution in [1.82, 2.24) is 0 Å². The molecule has 0 aliphatic rings. The van der Waals surface area contributed by atoms with Crippen LogP contribution in [-0.2, 0) is 27.9 Å². The Morgan fingerprint density at radius 2 is 0.892 bits per heavy atom. The Balaban J connectivity index is 4.04. The molecule has 0 aliphatic carbocycles. The molecule has 8 nitrogen and oxygen atoms in total. The average molecular weight is 938 g/mol. The van der Waals surface area contributed by atoms with Crippen molar-refractivity contribution in [2.45, 2.75) is 264 Å². The van der Waals surface area contributed by atoms with Gasteiger partial charge >= 0.3 is 5.97 Å². The minimum absolute atomic E-state index is 0.0258. The van der Waals surface area contributed by atoms with E-state index in [4.69, 9.17) is 18.5 Å². The number of phosphoric acid groups is 1. The van der Waals surface area contributed by atoms with Gasteiger partial charge in [0.25, 0.3) is 7.82 Å². The number of ether oxygens (including phenoxy) is 2. The van der Waals surface area contributed by atoms with Crippen molar-refractivity contribution >= 4 is 13.8 Å². The van der Waals surface area contributed by atoms with Gasteiger partial charge in [0.2, 0.25) is 0 Å². The van der Waals surface area contributed by atoms with Crippen LogP contribution in [0.2, 0.25) is 0 Å². The lowest BCUT2D eigenvalue weighted by Crippen LogP contribution is -2.37. The van der Waals surface area contributed by atoms with Crippen LogP contribution in [0.25, 0.3) is 0 Å². The fourth-order valence-electron chi connectivity index (χ4n) is 7.98. The van der Waals surface area contributed by atoms with Crippen LogP contribution in [0, 0.1) is 0 Å². The lowest BCUT2D eigenvalue weighted by Gasteiger charge is -2.28. The fraction of sp³-hybridized carbons (Fsp3) is 0.875. The Morgan fingerprint density at radius 3 is 1.34 bits per heavy atom. The molecule has 0 aromatic rings. The maximum atomic E-state index is 12.8. The van der Waals surface area contributed by atoms with E-state index in [-0.39, 0.29) is 25.8 Å². The molecule has 0 N–H and O–H groups in total. The average Bonchev–Trinajstić information content (AvgIpc) is 3.27. The number of phosphoric ester groups is 1. The molecule has 2 atom stereocenters. The van der Waals surface area contributed by atoms with Crippen molar-refractivity contribution in [1.29, 1.82) is 0 Å². The summed E-state index contributed by atoms with van der Waals surface area (Å²) in [5, 5.41) is 0. The summed E-state index contributed by atoms with van der Waals surface area (Å²) in [6.07, 6.45) is 60.4. The Bertz CT molecular complexity index is 1140. The Morgan fingerprint density at radius 1 is 0.492 bits per heavy atom. The van der Waals surface area contributed by atoms with Crippen LogP contribution in [0.1, 0.15) is 258 Å². The second kappa shape index (κ2) is 49.2. The first-order valence-electron chi connectivity index (χ1n) is 27.7. The molecule has 0 aromatic heterocycles. The van der Waals surface area contributed by atoms with Gasteiger partial charge in [-0.1, -0.05) is 243 Å². The van der Waals surface area contributed by atoms with Crippen LogP contribution in [-0.4, -0.2) is 70.7 Å². The monoisotopic (exact) mass is 938 g/mol. The summed E-state index contributed by atoms with van der Waals surface area (Å²) in [5.74, 6) is -0.331. The van der Waals surface area contributed by atoms with Crippen LogP contribution in [0.4, 0.5) is 0 Å². The van der Waals surface area contributed by atoms with Crippen molar-refractivity contribution in [2.75, 3.05) is 54.1 Å². The SMILES string of the molecule is CC/C=C\C/C=C\C/C=C\CCCCCCCCCCOCC(COP(=O)([O-])OCC[N+](C)(C)C)OC(=O)CCCCCCCCCCCCCCCCCCCCCCCCCCC. The lowest BCUT2D eigenvalue weighted by molar-refractivity contribution is -0.870.